The van der Waals surface area contributed by atoms with Crippen molar-refractivity contribution in [1.82, 2.24) is 10.2 Å². The van der Waals surface area contributed by atoms with E-state index in [2.05, 4.69) is 26.1 Å². The number of hydrogen-bond donors (Lipinski definition) is 1. The lowest BCUT2D eigenvalue weighted by molar-refractivity contribution is 0.0823. The highest BCUT2D eigenvalue weighted by Crippen LogP contribution is 2.08. The first-order chi connectivity index (χ1) is 6.78. The van der Waals surface area contributed by atoms with Crippen molar-refractivity contribution in [2.45, 2.75) is 52.1 Å². The predicted octanol–water partition coefficient (Wildman–Crippen LogP) is 2.35. The van der Waals surface area contributed by atoms with E-state index in [1.807, 2.05) is 6.92 Å². The third-order valence-electron chi connectivity index (χ3n) is 2.94. The zero-order valence-corrected chi connectivity index (χ0v) is 10.5. The number of nitrogens with zero attached hydrogens (tertiary/aromatic N) is 1. The molecule has 0 fully saturated rings. The number of likely N-dealkylation sites (N-methyl/N-ethyl adjacent to an activating group) is 1. The Hall–Kier alpha value is -0.220. The monoisotopic (exact) mass is 222 g/mol. The molecule has 1 atom stereocenters. The summed E-state index contributed by atoms with van der Waals surface area (Å²) in [4.78, 5) is 1.68. The van der Waals surface area contributed by atoms with E-state index in [9.17, 15) is 8.78 Å². The summed E-state index contributed by atoms with van der Waals surface area (Å²) < 4.78 is 24.2. The molecule has 0 radical (unpaired) electrons. The van der Waals surface area contributed by atoms with Gasteiger partial charge in [0.05, 0.1) is 6.54 Å². The molecule has 15 heavy (non-hydrogen) atoms. The van der Waals surface area contributed by atoms with Crippen LogP contribution in [0.2, 0.25) is 0 Å². The summed E-state index contributed by atoms with van der Waals surface area (Å²) in [5.41, 5.74) is 0.0833. The van der Waals surface area contributed by atoms with Gasteiger partial charge in [0, 0.05) is 18.1 Å². The minimum atomic E-state index is -2.25. The summed E-state index contributed by atoms with van der Waals surface area (Å²) in [6.45, 7) is 8.89. The van der Waals surface area contributed by atoms with Crippen LogP contribution in [0, 0.1) is 0 Å². The van der Waals surface area contributed by atoms with Crippen LogP contribution in [0.4, 0.5) is 8.78 Å². The molecule has 0 rings (SSSR count). The molecule has 0 aromatic rings. The van der Waals surface area contributed by atoms with E-state index < -0.39 is 6.43 Å². The topological polar surface area (TPSA) is 15.3 Å². The lowest BCUT2D eigenvalue weighted by Crippen LogP contribution is -2.47. The van der Waals surface area contributed by atoms with Crippen LogP contribution in [0.3, 0.4) is 0 Å². The Bertz CT molecular complexity index is 172. The average molecular weight is 222 g/mol. The van der Waals surface area contributed by atoms with Gasteiger partial charge in [-0.05, 0) is 34.2 Å². The van der Waals surface area contributed by atoms with Crippen LogP contribution in [0.25, 0.3) is 0 Å². The number of nitrogens with one attached hydrogen (secondary N) is 1. The van der Waals surface area contributed by atoms with Gasteiger partial charge in [-0.2, -0.15) is 0 Å². The first kappa shape index (κ1) is 14.8. The largest absolute Gasteiger partial charge is 0.310 e. The minimum Gasteiger partial charge on any atom is -0.310 e. The first-order valence-corrected chi connectivity index (χ1v) is 5.52. The van der Waals surface area contributed by atoms with Crippen molar-refractivity contribution in [1.29, 1.82) is 0 Å². The molecule has 4 heteroatoms. The molecule has 0 aromatic carbocycles. The van der Waals surface area contributed by atoms with Gasteiger partial charge in [-0.3, -0.25) is 4.90 Å². The molecular weight excluding hydrogens is 198 g/mol. The van der Waals surface area contributed by atoms with E-state index in [4.69, 9.17) is 0 Å². The first-order valence-electron chi connectivity index (χ1n) is 5.52. The lowest BCUT2D eigenvalue weighted by atomic mass is 10.0. The average Bonchev–Trinajstić information content (AvgIpc) is 2.13. The van der Waals surface area contributed by atoms with Crippen LogP contribution in [0.5, 0.6) is 0 Å². The fourth-order valence-corrected chi connectivity index (χ4v) is 1.10. The molecule has 0 spiro atoms. The van der Waals surface area contributed by atoms with Gasteiger partial charge in [-0.1, -0.05) is 6.92 Å². The molecule has 0 aliphatic rings. The molecule has 1 unspecified atom stereocenters. The van der Waals surface area contributed by atoms with E-state index >= 15 is 0 Å². The highest BCUT2D eigenvalue weighted by atomic mass is 19.3. The lowest BCUT2D eigenvalue weighted by Gasteiger charge is -2.30. The van der Waals surface area contributed by atoms with Crippen molar-refractivity contribution in [3.63, 3.8) is 0 Å². The maximum Gasteiger partial charge on any atom is 0.251 e. The molecule has 1 N–H and O–H groups in total. The normalized spacial score (nSPS) is 15.0. The van der Waals surface area contributed by atoms with Crippen LogP contribution < -0.4 is 5.32 Å². The Morgan fingerprint density at radius 3 is 2.27 bits per heavy atom. The van der Waals surface area contributed by atoms with Crippen molar-refractivity contribution in [3.8, 4) is 0 Å². The molecule has 0 saturated heterocycles. The molecule has 0 saturated carbocycles. The molecule has 0 aliphatic carbocycles. The second kappa shape index (κ2) is 6.38. The van der Waals surface area contributed by atoms with E-state index in [1.165, 1.54) is 0 Å². The van der Waals surface area contributed by atoms with Gasteiger partial charge >= 0.3 is 0 Å². The molecule has 92 valence electrons. The van der Waals surface area contributed by atoms with Crippen LogP contribution in [0.15, 0.2) is 0 Å². The fraction of sp³-hybridized carbons (Fsp3) is 1.00. The summed E-state index contributed by atoms with van der Waals surface area (Å²) >= 11 is 0. The van der Waals surface area contributed by atoms with Crippen LogP contribution in [-0.4, -0.2) is 43.0 Å². The number of rotatable bonds is 7. The highest BCUT2D eigenvalue weighted by molar-refractivity contribution is 4.78. The molecule has 2 nitrogen and oxygen atoms in total. The van der Waals surface area contributed by atoms with Crippen molar-refractivity contribution in [3.05, 3.63) is 0 Å². The summed E-state index contributed by atoms with van der Waals surface area (Å²) in [6.07, 6.45) is -1.23. The van der Waals surface area contributed by atoms with Gasteiger partial charge in [0.2, 0.25) is 0 Å². The van der Waals surface area contributed by atoms with Crippen LogP contribution in [0.1, 0.15) is 34.1 Å². The Balaban J connectivity index is 3.87. The minimum absolute atomic E-state index is 0.0833. The van der Waals surface area contributed by atoms with Crippen LogP contribution >= 0.6 is 0 Å². The van der Waals surface area contributed by atoms with Gasteiger partial charge in [0.1, 0.15) is 0 Å². The summed E-state index contributed by atoms with van der Waals surface area (Å²) in [5, 5.41) is 3.38. The van der Waals surface area contributed by atoms with E-state index in [0.717, 1.165) is 13.0 Å². The van der Waals surface area contributed by atoms with Gasteiger partial charge in [-0.15, -0.1) is 0 Å². The van der Waals surface area contributed by atoms with Gasteiger partial charge < -0.3 is 5.32 Å². The Morgan fingerprint density at radius 1 is 1.33 bits per heavy atom. The van der Waals surface area contributed by atoms with Crippen molar-refractivity contribution in [2.24, 2.45) is 0 Å². The zero-order chi connectivity index (χ0) is 12.1. The summed E-state index contributed by atoms with van der Waals surface area (Å²) in [7, 11) is 1.73. The van der Waals surface area contributed by atoms with Gasteiger partial charge in [-0.25, -0.2) is 8.78 Å². The molecule has 0 amide bonds. The Labute approximate surface area is 92.0 Å². The quantitative estimate of drug-likeness (QED) is 0.711. The van der Waals surface area contributed by atoms with E-state index in [0.29, 0.717) is 0 Å². The predicted molar refractivity (Wildman–Crippen MR) is 60.5 cm³/mol. The molecular formula is C11H24F2N2. The van der Waals surface area contributed by atoms with E-state index in [1.54, 1.807) is 11.9 Å². The number of halogens is 2. The fourth-order valence-electron chi connectivity index (χ4n) is 1.10. The van der Waals surface area contributed by atoms with Crippen molar-refractivity contribution in [2.75, 3.05) is 20.1 Å². The Kier molecular flexibility index (Phi) is 6.29. The van der Waals surface area contributed by atoms with E-state index in [-0.39, 0.29) is 18.1 Å². The summed E-state index contributed by atoms with van der Waals surface area (Å²) in [5.74, 6) is 0. The second-order valence-corrected chi connectivity index (χ2v) is 4.80. The number of alkyl halides is 2. The van der Waals surface area contributed by atoms with Crippen LogP contribution in [-0.2, 0) is 0 Å². The van der Waals surface area contributed by atoms with Crippen molar-refractivity contribution >= 4 is 0 Å². The maximum atomic E-state index is 12.1. The van der Waals surface area contributed by atoms with Gasteiger partial charge in [0.25, 0.3) is 6.43 Å². The summed E-state index contributed by atoms with van der Waals surface area (Å²) in [6, 6.07) is 0.129. The highest BCUT2D eigenvalue weighted by Gasteiger charge is 2.18. The zero-order valence-electron chi connectivity index (χ0n) is 10.5. The molecule has 0 aliphatic heterocycles. The Morgan fingerprint density at radius 2 is 1.87 bits per heavy atom. The van der Waals surface area contributed by atoms with Crippen molar-refractivity contribution < 1.29 is 8.78 Å². The van der Waals surface area contributed by atoms with Gasteiger partial charge in [0.15, 0.2) is 0 Å². The number of hydrogen-bond acceptors (Lipinski definition) is 2. The second-order valence-electron chi connectivity index (χ2n) is 4.80. The third kappa shape index (κ3) is 6.79. The smallest absolute Gasteiger partial charge is 0.251 e. The SMILES string of the molecule is CCC(C)(C)NCC(C)N(C)CC(F)F. The standard InChI is InChI=1S/C11H24F2N2/c1-6-11(3,4)14-7-9(2)15(5)8-10(12)13/h9-10,14H,6-8H2,1-5H3. The third-order valence-corrected chi connectivity index (χ3v) is 2.94. The maximum absolute atomic E-state index is 12.1. The molecule has 0 heterocycles. The molecule has 0 aromatic heterocycles. The molecule has 0 bridgehead atoms.